The Morgan fingerprint density at radius 3 is 2.57 bits per heavy atom. The van der Waals surface area contributed by atoms with Gasteiger partial charge in [-0.2, -0.15) is 0 Å². The van der Waals surface area contributed by atoms with Crippen molar-refractivity contribution in [3.63, 3.8) is 0 Å². The first-order chi connectivity index (χ1) is 13.4. The summed E-state index contributed by atoms with van der Waals surface area (Å²) >= 11 is 0. The standard InChI is InChI=1S/C23H41NO3S/c1-22-8-3-5-17(22)20-18(7-9-22)23(2)10-6-15(28(27)12-4-11-24)13-19(23)16(14-25)21(20)26/h15-21,25-26H,3-14,24H2,1-2H3/t15-,16+,17-,18-,19?,20-,21+,22-,23+,28?/m0/s1. The number of aliphatic hydroxyl groups is 2. The predicted molar refractivity (Wildman–Crippen MR) is 114 cm³/mol. The molecular formula is C23H41NO3S. The summed E-state index contributed by atoms with van der Waals surface area (Å²) < 4.78 is 12.8. The van der Waals surface area contributed by atoms with Crippen molar-refractivity contribution in [2.24, 2.45) is 46.2 Å². The van der Waals surface area contributed by atoms with Gasteiger partial charge >= 0.3 is 0 Å². The highest BCUT2D eigenvalue weighted by atomic mass is 32.2. The van der Waals surface area contributed by atoms with Crippen molar-refractivity contribution >= 4 is 10.8 Å². The van der Waals surface area contributed by atoms with Gasteiger partial charge in [0.15, 0.2) is 0 Å². The summed E-state index contributed by atoms with van der Waals surface area (Å²) in [5.41, 5.74) is 6.19. The minimum atomic E-state index is -0.832. The Labute approximate surface area is 173 Å². The van der Waals surface area contributed by atoms with E-state index in [1.165, 1.54) is 32.1 Å². The van der Waals surface area contributed by atoms with Gasteiger partial charge in [-0.05, 0) is 92.4 Å². The third-order valence-electron chi connectivity index (χ3n) is 9.81. The van der Waals surface area contributed by atoms with Crippen LogP contribution in [0.15, 0.2) is 0 Å². The van der Waals surface area contributed by atoms with Crippen molar-refractivity contribution in [1.82, 2.24) is 0 Å². The van der Waals surface area contributed by atoms with Crippen molar-refractivity contribution in [2.75, 3.05) is 18.9 Å². The van der Waals surface area contributed by atoms with Crippen LogP contribution in [0.5, 0.6) is 0 Å². The van der Waals surface area contributed by atoms with Crippen molar-refractivity contribution in [1.29, 1.82) is 0 Å². The molecular weight excluding hydrogens is 370 g/mol. The summed E-state index contributed by atoms with van der Waals surface area (Å²) in [5, 5.41) is 22.0. The monoisotopic (exact) mass is 411 g/mol. The first-order valence-corrected chi connectivity index (χ1v) is 13.1. The Kier molecular flexibility index (Phi) is 6.03. The smallest absolute Gasteiger partial charge is 0.0627 e. The van der Waals surface area contributed by atoms with Crippen LogP contribution in [0.25, 0.3) is 0 Å². The molecule has 0 bridgehead atoms. The van der Waals surface area contributed by atoms with Crippen molar-refractivity contribution in [2.45, 2.75) is 83.0 Å². The number of aliphatic hydroxyl groups excluding tert-OH is 2. The van der Waals surface area contributed by atoms with Gasteiger partial charge in [0.1, 0.15) is 0 Å². The zero-order valence-electron chi connectivity index (χ0n) is 17.8. The minimum absolute atomic E-state index is 0.0523. The topological polar surface area (TPSA) is 83.5 Å². The molecule has 0 aliphatic heterocycles. The lowest BCUT2D eigenvalue weighted by molar-refractivity contribution is -0.195. The highest BCUT2D eigenvalue weighted by Crippen LogP contribution is 2.67. The second-order valence-corrected chi connectivity index (χ2v) is 12.8. The van der Waals surface area contributed by atoms with Gasteiger partial charge < -0.3 is 15.9 Å². The molecule has 2 unspecified atom stereocenters. The first-order valence-electron chi connectivity index (χ1n) is 11.7. The molecule has 162 valence electrons. The molecule has 28 heavy (non-hydrogen) atoms. The zero-order valence-corrected chi connectivity index (χ0v) is 18.6. The van der Waals surface area contributed by atoms with Gasteiger partial charge in [-0.15, -0.1) is 0 Å². The van der Waals surface area contributed by atoms with Crippen LogP contribution in [0.1, 0.15) is 71.6 Å². The Hall–Kier alpha value is 0.0300. The van der Waals surface area contributed by atoms with Crippen molar-refractivity contribution in [3.8, 4) is 0 Å². The normalized spacial score (nSPS) is 51.8. The third kappa shape index (κ3) is 3.23. The SMILES string of the molecule is C[C@@]12CCC[C@H]1[C@@H]1[C@H](O)[C@H](CO)C3C[C@@H](S(=O)CCCN)CC[C@]3(C)[C@H]1CC2. The van der Waals surface area contributed by atoms with E-state index >= 15 is 0 Å². The van der Waals surface area contributed by atoms with Crippen LogP contribution in [0.4, 0.5) is 0 Å². The summed E-state index contributed by atoms with van der Waals surface area (Å²) in [6, 6.07) is 0. The van der Waals surface area contributed by atoms with E-state index < -0.39 is 16.9 Å². The van der Waals surface area contributed by atoms with E-state index in [4.69, 9.17) is 5.73 Å². The molecule has 0 amide bonds. The first kappa shape index (κ1) is 21.3. The second kappa shape index (κ2) is 7.94. The molecule has 10 atom stereocenters. The molecule has 4 rings (SSSR count). The van der Waals surface area contributed by atoms with E-state index in [2.05, 4.69) is 13.8 Å². The molecule has 0 aromatic rings. The van der Waals surface area contributed by atoms with Gasteiger partial charge in [-0.1, -0.05) is 20.3 Å². The van der Waals surface area contributed by atoms with E-state index in [9.17, 15) is 14.4 Å². The fraction of sp³-hybridized carbons (Fsp3) is 1.00. The maximum atomic E-state index is 12.8. The van der Waals surface area contributed by atoms with Crippen molar-refractivity contribution in [3.05, 3.63) is 0 Å². The maximum absolute atomic E-state index is 12.8. The molecule has 4 fully saturated rings. The number of fused-ring (bicyclic) bond motifs is 5. The second-order valence-electron chi connectivity index (χ2n) is 10.9. The number of hydrogen-bond donors (Lipinski definition) is 3. The number of hydrogen-bond acceptors (Lipinski definition) is 4. The average Bonchev–Trinajstić information content (AvgIpc) is 3.08. The van der Waals surface area contributed by atoms with Gasteiger partial charge in [0.05, 0.1) is 6.10 Å². The molecule has 4 aliphatic carbocycles. The van der Waals surface area contributed by atoms with Gasteiger partial charge in [0, 0.05) is 34.3 Å². The Morgan fingerprint density at radius 2 is 1.86 bits per heavy atom. The van der Waals surface area contributed by atoms with E-state index in [1.54, 1.807) is 0 Å². The molecule has 5 heteroatoms. The maximum Gasteiger partial charge on any atom is 0.0627 e. The van der Waals surface area contributed by atoms with Gasteiger partial charge in [0.2, 0.25) is 0 Å². The molecule has 0 radical (unpaired) electrons. The van der Waals surface area contributed by atoms with Crippen LogP contribution in [-0.4, -0.2) is 44.7 Å². The molecule has 0 aromatic carbocycles. The summed E-state index contributed by atoms with van der Waals surface area (Å²) in [4.78, 5) is 0. The summed E-state index contributed by atoms with van der Waals surface area (Å²) in [7, 11) is -0.832. The van der Waals surface area contributed by atoms with Crippen LogP contribution in [-0.2, 0) is 10.8 Å². The minimum Gasteiger partial charge on any atom is -0.396 e. The molecule has 0 spiro atoms. The molecule has 4 aliphatic rings. The summed E-state index contributed by atoms with van der Waals surface area (Å²) in [6.07, 6.45) is 9.83. The van der Waals surface area contributed by atoms with Gasteiger partial charge in [-0.25, -0.2) is 0 Å². The highest BCUT2D eigenvalue weighted by molar-refractivity contribution is 7.85. The van der Waals surface area contributed by atoms with Crippen LogP contribution < -0.4 is 5.73 Å². The number of rotatable bonds is 5. The molecule has 4 saturated carbocycles. The lowest BCUT2D eigenvalue weighted by Gasteiger charge is -2.64. The van der Waals surface area contributed by atoms with E-state index in [0.717, 1.165) is 25.7 Å². The third-order valence-corrected chi connectivity index (χ3v) is 11.7. The highest BCUT2D eigenvalue weighted by Gasteiger charge is 2.63. The largest absolute Gasteiger partial charge is 0.396 e. The Morgan fingerprint density at radius 1 is 1.07 bits per heavy atom. The van der Waals surface area contributed by atoms with Gasteiger partial charge in [0.25, 0.3) is 0 Å². The van der Waals surface area contributed by atoms with E-state index in [0.29, 0.717) is 41.4 Å². The van der Waals surface area contributed by atoms with Crippen LogP contribution in [0.2, 0.25) is 0 Å². The number of nitrogens with two attached hydrogens (primary N) is 1. The Bertz CT molecular complexity index is 600. The van der Waals surface area contributed by atoms with E-state index in [1.807, 2.05) is 0 Å². The van der Waals surface area contributed by atoms with E-state index in [-0.39, 0.29) is 23.2 Å². The summed E-state index contributed by atoms with van der Waals surface area (Å²) in [5.74, 6) is 2.46. The predicted octanol–water partition coefficient (Wildman–Crippen LogP) is 3.07. The zero-order chi connectivity index (χ0) is 20.1. The fourth-order valence-corrected chi connectivity index (χ4v) is 9.86. The average molecular weight is 412 g/mol. The lowest BCUT2D eigenvalue weighted by Crippen LogP contribution is -2.62. The summed E-state index contributed by atoms with van der Waals surface area (Å²) in [6.45, 7) is 5.56. The fourth-order valence-electron chi connectivity index (χ4n) is 8.27. The molecule has 4 N–H and O–H groups in total. The quantitative estimate of drug-likeness (QED) is 0.649. The lowest BCUT2D eigenvalue weighted by atomic mass is 9.42. The molecule has 0 saturated heterocycles. The van der Waals surface area contributed by atoms with Gasteiger partial charge in [-0.3, -0.25) is 4.21 Å². The van der Waals surface area contributed by atoms with Crippen LogP contribution in [0, 0.1) is 40.4 Å². The molecule has 0 aromatic heterocycles. The van der Waals surface area contributed by atoms with Crippen LogP contribution >= 0.6 is 0 Å². The Balaban J connectivity index is 1.60. The van der Waals surface area contributed by atoms with Crippen molar-refractivity contribution < 1.29 is 14.4 Å². The van der Waals surface area contributed by atoms with Crippen LogP contribution in [0.3, 0.4) is 0 Å². The molecule has 0 heterocycles. The molecule has 4 nitrogen and oxygen atoms in total.